The summed E-state index contributed by atoms with van der Waals surface area (Å²) < 4.78 is 74.9. The summed E-state index contributed by atoms with van der Waals surface area (Å²) in [7, 11) is 2.63. The Balaban J connectivity index is 1.07. The average molecular weight is 868 g/mol. The molecular formula is C42H33F4N9O8. The summed E-state index contributed by atoms with van der Waals surface area (Å²) in [6, 6.07) is 19.2. The number of fused-ring (bicyclic) bond motifs is 1. The van der Waals surface area contributed by atoms with Crippen LogP contribution in [0.4, 0.5) is 29.1 Å². The lowest BCUT2D eigenvalue weighted by molar-refractivity contribution is -0.143. The maximum atomic E-state index is 14.6. The number of rotatable bonds is 13. The van der Waals surface area contributed by atoms with Crippen LogP contribution in [0.15, 0.2) is 102 Å². The quantitative estimate of drug-likeness (QED) is 0.0928. The third-order valence-electron chi connectivity index (χ3n) is 9.53. The first-order chi connectivity index (χ1) is 30.1. The molecule has 63 heavy (non-hydrogen) atoms. The first-order valence-electron chi connectivity index (χ1n) is 18.4. The van der Waals surface area contributed by atoms with Gasteiger partial charge in [-0.15, -0.1) is 0 Å². The number of nitrogens with one attached hydrogen (secondary N) is 3. The van der Waals surface area contributed by atoms with Crippen molar-refractivity contribution in [2.45, 2.75) is 12.7 Å². The summed E-state index contributed by atoms with van der Waals surface area (Å²) in [5, 5.41) is 13.4. The van der Waals surface area contributed by atoms with E-state index >= 15 is 0 Å². The second-order valence-corrected chi connectivity index (χ2v) is 13.5. The Morgan fingerprint density at radius 2 is 1.62 bits per heavy atom. The molecule has 0 bridgehead atoms. The number of benzene rings is 4. The number of hydrogen-bond donors (Lipinski definition) is 5. The van der Waals surface area contributed by atoms with Crippen molar-refractivity contribution in [3.63, 3.8) is 0 Å². The van der Waals surface area contributed by atoms with Crippen molar-refractivity contribution < 1.29 is 51.0 Å². The first-order valence-corrected chi connectivity index (χ1v) is 18.4. The molecule has 0 aliphatic carbocycles. The molecule has 0 aliphatic heterocycles. The molecule has 0 saturated carbocycles. The Hall–Kier alpha value is -8.49. The van der Waals surface area contributed by atoms with Crippen LogP contribution in [0.2, 0.25) is 0 Å². The van der Waals surface area contributed by atoms with Gasteiger partial charge in [0.1, 0.15) is 40.1 Å². The number of H-pyrrole nitrogens is 1. The number of nitrogens with zero attached hydrogens (tertiary/aromatic N) is 4. The molecule has 21 heteroatoms. The van der Waals surface area contributed by atoms with Crippen molar-refractivity contribution in [2.75, 3.05) is 31.9 Å². The number of nitrogens with two attached hydrogens (primary N) is 2. The number of aromatic nitrogens is 5. The number of carbonyl (C=O) groups is 4. The van der Waals surface area contributed by atoms with Crippen LogP contribution >= 0.6 is 0 Å². The molecule has 3 amide bonds. The highest BCUT2D eigenvalue weighted by atomic mass is 19.4. The molecule has 0 spiro atoms. The van der Waals surface area contributed by atoms with Crippen molar-refractivity contribution >= 4 is 45.9 Å². The minimum Gasteiger partial charge on any atom is -0.497 e. The number of alkyl halides is 3. The number of aromatic amines is 1. The Morgan fingerprint density at radius 3 is 2.32 bits per heavy atom. The van der Waals surface area contributed by atoms with E-state index in [2.05, 4.69) is 25.8 Å². The van der Waals surface area contributed by atoms with E-state index in [9.17, 15) is 41.5 Å². The minimum absolute atomic E-state index is 0.00372. The highest BCUT2D eigenvalue weighted by molar-refractivity contribution is 6.06. The monoisotopic (exact) mass is 867 g/mol. The molecule has 17 nitrogen and oxygen atoms in total. The van der Waals surface area contributed by atoms with Crippen LogP contribution in [0.1, 0.15) is 47.1 Å². The van der Waals surface area contributed by atoms with Gasteiger partial charge in [-0.25, -0.2) is 9.07 Å². The Kier molecular flexibility index (Phi) is 11.7. The van der Waals surface area contributed by atoms with Crippen molar-refractivity contribution in [2.24, 2.45) is 5.73 Å². The topological polar surface area (TPSA) is 241 Å². The van der Waals surface area contributed by atoms with E-state index in [-0.39, 0.29) is 62.8 Å². The van der Waals surface area contributed by atoms with E-state index in [1.165, 1.54) is 68.9 Å². The number of anilines is 2. The number of primary amides is 1. The zero-order valence-electron chi connectivity index (χ0n) is 32.9. The standard InChI is InChI=1S/C42H33F4N9O8/c1-61-25-15-24(52-41(60)30-19-51-54(36(30)42(44,45)46)31-5-3-4-28-27(31)12-13-49-39(28)58)16-26(17-25)63-20-33(56)55-37(47)34(38(48)57)35(53-55)22-8-6-21(7-9-22)18-50-40(59)29-14-23(43)10-11-32(29)62-2/h3-17,19H,18,20,47H2,1-2H3,(H2,48,57)(H,49,58)(H,50,59)(H,52,60). The predicted molar refractivity (Wildman–Crippen MR) is 218 cm³/mol. The summed E-state index contributed by atoms with van der Waals surface area (Å²) in [5.74, 6) is -4.51. The van der Waals surface area contributed by atoms with E-state index in [0.29, 0.717) is 20.5 Å². The highest BCUT2D eigenvalue weighted by Gasteiger charge is 2.41. The van der Waals surface area contributed by atoms with Gasteiger partial charge in [0.25, 0.3) is 29.2 Å². The third-order valence-corrected chi connectivity index (χ3v) is 9.53. The van der Waals surface area contributed by atoms with Crippen molar-refractivity contribution in [1.29, 1.82) is 0 Å². The summed E-state index contributed by atoms with van der Waals surface area (Å²) >= 11 is 0. The van der Waals surface area contributed by atoms with Gasteiger partial charge in [0, 0.05) is 53.0 Å². The Labute approximate surface area is 352 Å². The number of ether oxygens (including phenoxy) is 3. The van der Waals surface area contributed by atoms with Crippen LogP contribution in [0.3, 0.4) is 0 Å². The van der Waals surface area contributed by atoms with Gasteiger partial charge >= 0.3 is 6.18 Å². The molecular weight excluding hydrogens is 835 g/mol. The van der Waals surface area contributed by atoms with Crippen molar-refractivity contribution in [1.82, 2.24) is 29.9 Å². The molecule has 3 heterocycles. The summed E-state index contributed by atoms with van der Waals surface area (Å²) in [5.41, 5.74) is 9.43. The van der Waals surface area contributed by atoms with Gasteiger partial charge in [-0.2, -0.15) is 28.1 Å². The van der Waals surface area contributed by atoms with Gasteiger partial charge in [0.15, 0.2) is 12.3 Å². The zero-order valence-corrected chi connectivity index (χ0v) is 32.9. The summed E-state index contributed by atoms with van der Waals surface area (Å²) in [6.07, 6.45) is -3.06. The number of methoxy groups -OCH3 is 2. The lowest BCUT2D eigenvalue weighted by Gasteiger charge is -2.15. The number of carbonyl (C=O) groups excluding carboxylic acids is 4. The van der Waals surface area contributed by atoms with Crippen LogP contribution < -0.4 is 41.9 Å². The maximum Gasteiger partial charge on any atom is 0.434 e. The molecule has 0 aliphatic rings. The lowest BCUT2D eigenvalue weighted by Crippen LogP contribution is -2.23. The molecule has 0 unspecified atom stereocenters. The minimum atomic E-state index is -5.08. The summed E-state index contributed by atoms with van der Waals surface area (Å²) in [4.78, 5) is 67.0. The molecule has 4 aromatic carbocycles. The van der Waals surface area contributed by atoms with Gasteiger partial charge in [0.05, 0.1) is 37.2 Å². The molecule has 322 valence electrons. The van der Waals surface area contributed by atoms with Crippen LogP contribution in [0.5, 0.6) is 17.2 Å². The second-order valence-electron chi connectivity index (χ2n) is 13.5. The van der Waals surface area contributed by atoms with Gasteiger partial charge in [-0.1, -0.05) is 30.3 Å². The van der Waals surface area contributed by atoms with E-state index < -0.39 is 64.9 Å². The molecule has 0 saturated heterocycles. The zero-order chi connectivity index (χ0) is 45.2. The number of amides is 3. The highest BCUT2D eigenvalue weighted by Crippen LogP contribution is 2.36. The second kappa shape index (κ2) is 17.2. The van der Waals surface area contributed by atoms with Gasteiger partial charge in [-0.05, 0) is 42.0 Å². The largest absolute Gasteiger partial charge is 0.497 e. The lowest BCUT2D eigenvalue weighted by atomic mass is 10.0. The molecule has 7 N–H and O–H groups in total. The first kappa shape index (κ1) is 42.6. The van der Waals surface area contributed by atoms with Crippen LogP contribution in [-0.2, 0) is 12.7 Å². The number of halogens is 4. The number of pyridine rings is 1. The normalized spacial score (nSPS) is 11.3. The summed E-state index contributed by atoms with van der Waals surface area (Å²) in [6.45, 7) is -0.726. The fourth-order valence-electron chi connectivity index (χ4n) is 6.59. The molecule has 7 aromatic rings. The average Bonchev–Trinajstić information content (AvgIpc) is 3.87. The SMILES string of the molecule is COc1cc(NC(=O)c2cnn(-c3cccc4c(=O)[nH]ccc34)c2C(F)(F)F)cc(OCC(=O)n2nc(-c3ccc(CNC(=O)c4cc(F)ccc4OC)cc3)c(C(N)=O)c2N)c1. The van der Waals surface area contributed by atoms with E-state index in [1.54, 1.807) is 24.3 Å². The van der Waals surface area contributed by atoms with Crippen molar-refractivity contribution in [3.8, 4) is 34.2 Å². The third kappa shape index (κ3) is 8.73. The van der Waals surface area contributed by atoms with Gasteiger partial charge in [-0.3, -0.25) is 24.0 Å². The number of nitrogen functional groups attached to an aromatic ring is 1. The molecule has 0 fully saturated rings. The Bertz CT molecular complexity index is 3000. The smallest absolute Gasteiger partial charge is 0.434 e. The molecule has 7 rings (SSSR count). The van der Waals surface area contributed by atoms with Gasteiger partial charge in [0.2, 0.25) is 0 Å². The molecule has 0 atom stereocenters. The molecule has 3 aromatic heterocycles. The Morgan fingerprint density at radius 1 is 0.873 bits per heavy atom. The van der Waals surface area contributed by atoms with Crippen LogP contribution in [-0.4, -0.2) is 69.0 Å². The van der Waals surface area contributed by atoms with Gasteiger partial charge < -0.3 is 41.3 Å². The van der Waals surface area contributed by atoms with E-state index in [1.807, 2.05) is 0 Å². The fraction of sp³-hybridized carbons (Fsp3) is 0.119. The van der Waals surface area contributed by atoms with E-state index in [0.717, 1.165) is 18.3 Å². The molecule has 0 radical (unpaired) electrons. The van der Waals surface area contributed by atoms with Crippen LogP contribution in [0, 0.1) is 5.82 Å². The maximum absolute atomic E-state index is 14.6. The predicted octanol–water partition coefficient (Wildman–Crippen LogP) is 5.34. The fourth-order valence-corrected chi connectivity index (χ4v) is 6.59. The van der Waals surface area contributed by atoms with E-state index in [4.69, 9.17) is 25.7 Å². The van der Waals surface area contributed by atoms with Crippen molar-refractivity contribution in [3.05, 3.63) is 141 Å². The van der Waals surface area contributed by atoms with Crippen LogP contribution in [0.25, 0.3) is 27.7 Å². The number of hydrogen-bond acceptors (Lipinski definition) is 11.